The third kappa shape index (κ3) is 6.14. The fourth-order valence-corrected chi connectivity index (χ4v) is 2.72. The Bertz CT molecular complexity index is 742. The van der Waals surface area contributed by atoms with Crippen LogP contribution < -0.4 is 16.0 Å². The Morgan fingerprint density at radius 1 is 1.21 bits per heavy atom. The molecule has 0 unspecified atom stereocenters. The van der Waals surface area contributed by atoms with Crippen molar-refractivity contribution in [3.05, 3.63) is 29.6 Å². The maximum atomic E-state index is 13.6. The minimum atomic E-state index is -1.65. The van der Waals surface area contributed by atoms with E-state index in [1.807, 2.05) is 11.8 Å². The van der Waals surface area contributed by atoms with Gasteiger partial charge in [-0.2, -0.15) is 0 Å². The van der Waals surface area contributed by atoms with Crippen molar-refractivity contribution >= 4 is 23.5 Å². The van der Waals surface area contributed by atoms with Gasteiger partial charge in [-0.15, -0.1) is 0 Å². The number of aliphatic imine (C=N–C) groups is 1. The van der Waals surface area contributed by atoms with Crippen LogP contribution in [0.25, 0.3) is 0 Å². The Morgan fingerprint density at radius 3 is 2.68 bits per heavy atom. The molecule has 1 saturated heterocycles. The summed E-state index contributed by atoms with van der Waals surface area (Å²) in [6, 6.07) is 1.67. The fraction of sp³-hybridized carbons (Fsp3) is 0.500. The number of hydrogen-bond donors (Lipinski definition) is 3. The number of carbonyl (C=O) groups is 2. The first-order valence-electron chi connectivity index (χ1n) is 9.15. The van der Waals surface area contributed by atoms with Crippen LogP contribution in [0.15, 0.2) is 17.1 Å². The molecule has 1 aliphatic heterocycles. The Hall–Kier alpha value is -2.78. The van der Waals surface area contributed by atoms with Gasteiger partial charge < -0.3 is 20.9 Å². The van der Waals surface area contributed by atoms with Crippen molar-refractivity contribution in [3.63, 3.8) is 0 Å². The molecule has 1 fully saturated rings. The van der Waals surface area contributed by atoms with Crippen LogP contribution in [0.5, 0.6) is 0 Å². The summed E-state index contributed by atoms with van der Waals surface area (Å²) in [5.74, 6) is -4.56. The topological polar surface area (TPSA) is 85.8 Å². The third-order valence-electron chi connectivity index (χ3n) is 4.10. The quantitative estimate of drug-likeness (QED) is 0.268. The van der Waals surface area contributed by atoms with Gasteiger partial charge in [-0.25, -0.2) is 18.2 Å². The van der Waals surface area contributed by atoms with Crippen LogP contribution in [0.3, 0.4) is 0 Å². The number of benzene rings is 1. The lowest BCUT2D eigenvalue weighted by Gasteiger charge is -2.16. The zero-order valence-electron chi connectivity index (χ0n) is 15.7. The number of halogens is 3. The molecular weight excluding hydrogens is 375 g/mol. The molecule has 3 N–H and O–H groups in total. The average molecular weight is 399 g/mol. The molecule has 10 heteroatoms. The molecule has 0 aliphatic carbocycles. The van der Waals surface area contributed by atoms with E-state index >= 15 is 0 Å². The van der Waals surface area contributed by atoms with E-state index in [4.69, 9.17) is 0 Å². The summed E-state index contributed by atoms with van der Waals surface area (Å²) in [6.07, 6.45) is 2.22. The highest BCUT2D eigenvalue weighted by Gasteiger charge is 2.19. The van der Waals surface area contributed by atoms with Gasteiger partial charge in [0.1, 0.15) is 6.54 Å². The zero-order valence-corrected chi connectivity index (χ0v) is 15.7. The summed E-state index contributed by atoms with van der Waals surface area (Å²) in [7, 11) is 0. The predicted octanol–water partition coefficient (Wildman–Crippen LogP) is 1.61. The molecule has 2 amide bonds. The van der Waals surface area contributed by atoms with Crippen molar-refractivity contribution in [1.82, 2.24) is 15.5 Å². The highest BCUT2D eigenvalue weighted by atomic mass is 19.2. The standard InChI is InChI=1S/C18H24F3N5O2/c1-2-22-18(23-8-4-10-26-9-3-5-15(26)28)24-11-14(27)25-13-7-6-12(19)16(20)17(13)21/h6-7H,2-5,8-11H2,1H3,(H,25,27)(H2,22,23,24). The van der Waals surface area contributed by atoms with Crippen molar-refractivity contribution in [2.75, 3.05) is 38.0 Å². The number of nitrogens with zero attached hydrogens (tertiary/aromatic N) is 2. The molecule has 154 valence electrons. The van der Waals surface area contributed by atoms with Gasteiger partial charge in [0, 0.05) is 32.6 Å². The van der Waals surface area contributed by atoms with E-state index in [1.165, 1.54) is 0 Å². The first kappa shape index (κ1) is 21.5. The molecule has 0 saturated carbocycles. The molecule has 2 rings (SSSR count). The highest BCUT2D eigenvalue weighted by molar-refractivity contribution is 5.94. The van der Waals surface area contributed by atoms with E-state index in [2.05, 4.69) is 20.9 Å². The molecule has 0 aromatic heterocycles. The van der Waals surface area contributed by atoms with Gasteiger partial charge in [0.15, 0.2) is 23.4 Å². The number of carbonyl (C=O) groups excluding carboxylic acids is 2. The first-order valence-corrected chi connectivity index (χ1v) is 9.15. The Labute approximate surface area is 161 Å². The van der Waals surface area contributed by atoms with Crippen LogP contribution in [-0.2, 0) is 9.59 Å². The van der Waals surface area contributed by atoms with Gasteiger partial charge >= 0.3 is 0 Å². The van der Waals surface area contributed by atoms with Gasteiger partial charge in [-0.05, 0) is 31.9 Å². The molecule has 1 aliphatic rings. The predicted molar refractivity (Wildman–Crippen MR) is 99.4 cm³/mol. The number of likely N-dealkylation sites (tertiary alicyclic amines) is 1. The molecule has 0 spiro atoms. The second-order valence-corrected chi connectivity index (χ2v) is 6.23. The van der Waals surface area contributed by atoms with Crippen molar-refractivity contribution in [2.24, 2.45) is 4.99 Å². The van der Waals surface area contributed by atoms with Gasteiger partial charge in [-0.3, -0.25) is 9.59 Å². The maximum absolute atomic E-state index is 13.6. The van der Waals surface area contributed by atoms with Crippen molar-refractivity contribution in [2.45, 2.75) is 26.2 Å². The zero-order chi connectivity index (χ0) is 20.5. The van der Waals surface area contributed by atoms with E-state index in [1.54, 1.807) is 0 Å². The lowest BCUT2D eigenvalue weighted by molar-refractivity contribution is -0.127. The number of guanidine groups is 1. The number of nitrogens with one attached hydrogen (secondary N) is 3. The smallest absolute Gasteiger partial charge is 0.246 e. The summed E-state index contributed by atoms with van der Waals surface area (Å²) in [6.45, 7) is 4.08. The van der Waals surface area contributed by atoms with Gasteiger partial charge in [0.05, 0.1) is 5.69 Å². The van der Waals surface area contributed by atoms with E-state index in [9.17, 15) is 22.8 Å². The van der Waals surface area contributed by atoms with Crippen LogP contribution in [0.4, 0.5) is 18.9 Å². The summed E-state index contributed by atoms with van der Waals surface area (Å²) in [5, 5.41) is 8.16. The van der Waals surface area contributed by atoms with Crippen LogP contribution in [0.2, 0.25) is 0 Å². The largest absolute Gasteiger partial charge is 0.357 e. The molecule has 7 nitrogen and oxygen atoms in total. The second-order valence-electron chi connectivity index (χ2n) is 6.23. The highest BCUT2D eigenvalue weighted by Crippen LogP contribution is 2.19. The second kappa shape index (κ2) is 10.5. The van der Waals surface area contributed by atoms with Crippen LogP contribution in [-0.4, -0.2) is 55.4 Å². The number of anilines is 1. The van der Waals surface area contributed by atoms with Crippen LogP contribution >= 0.6 is 0 Å². The first-order chi connectivity index (χ1) is 13.4. The van der Waals surface area contributed by atoms with Crippen molar-refractivity contribution < 1.29 is 22.8 Å². The molecule has 0 bridgehead atoms. The maximum Gasteiger partial charge on any atom is 0.246 e. The molecule has 1 heterocycles. The molecule has 0 atom stereocenters. The summed E-state index contributed by atoms with van der Waals surface area (Å²) in [4.78, 5) is 29.3. The number of hydrogen-bond acceptors (Lipinski definition) is 3. The SMILES string of the molecule is CCNC(=NCC(=O)Nc1ccc(F)c(F)c1F)NCCCN1CCCC1=O. The molecule has 28 heavy (non-hydrogen) atoms. The monoisotopic (exact) mass is 399 g/mol. The van der Waals surface area contributed by atoms with Gasteiger partial charge in [0.25, 0.3) is 0 Å². The lowest BCUT2D eigenvalue weighted by atomic mass is 10.3. The van der Waals surface area contributed by atoms with Crippen LogP contribution in [0.1, 0.15) is 26.2 Å². The van der Waals surface area contributed by atoms with Gasteiger partial charge in [-0.1, -0.05) is 0 Å². The number of rotatable bonds is 8. The van der Waals surface area contributed by atoms with Gasteiger partial charge in [0.2, 0.25) is 11.8 Å². The molecule has 1 aromatic rings. The van der Waals surface area contributed by atoms with Crippen molar-refractivity contribution in [3.8, 4) is 0 Å². The summed E-state index contributed by atoms with van der Waals surface area (Å²) in [5.41, 5.74) is -0.452. The minimum Gasteiger partial charge on any atom is -0.357 e. The van der Waals surface area contributed by atoms with Crippen molar-refractivity contribution in [1.29, 1.82) is 0 Å². The van der Waals surface area contributed by atoms with Crippen LogP contribution in [0, 0.1) is 17.5 Å². The Kier molecular flexibility index (Phi) is 8.09. The Morgan fingerprint density at radius 2 is 2.00 bits per heavy atom. The third-order valence-corrected chi connectivity index (χ3v) is 4.10. The molecular formula is C18H24F3N5O2. The summed E-state index contributed by atoms with van der Waals surface area (Å²) < 4.78 is 39.7. The average Bonchev–Trinajstić information content (AvgIpc) is 3.08. The molecule has 1 aromatic carbocycles. The molecule has 0 radical (unpaired) electrons. The van der Waals surface area contributed by atoms with E-state index in [-0.39, 0.29) is 12.5 Å². The minimum absolute atomic E-state index is 0.168. The number of amides is 2. The normalized spacial score (nSPS) is 14.4. The summed E-state index contributed by atoms with van der Waals surface area (Å²) >= 11 is 0. The Balaban J connectivity index is 1.81. The lowest BCUT2D eigenvalue weighted by Crippen LogP contribution is -2.39. The van der Waals surface area contributed by atoms with E-state index in [0.717, 1.165) is 31.5 Å². The fourth-order valence-electron chi connectivity index (χ4n) is 2.72. The van der Waals surface area contributed by atoms with E-state index < -0.39 is 29.0 Å². The van der Waals surface area contributed by atoms with E-state index in [0.29, 0.717) is 32.0 Å².